The molecule has 0 fully saturated rings. The molecular formula is C31H56O2. The Bertz CT molecular complexity index is 639. The first-order valence-electron chi connectivity index (χ1n) is 14.0. The lowest BCUT2D eigenvalue weighted by molar-refractivity contribution is 0.262. The molecule has 1 aromatic carbocycles. The molecule has 0 aliphatic rings. The van der Waals surface area contributed by atoms with Crippen molar-refractivity contribution in [1.29, 1.82) is 0 Å². The van der Waals surface area contributed by atoms with E-state index in [4.69, 9.17) is 4.74 Å². The predicted molar refractivity (Wildman–Crippen MR) is 146 cm³/mol. The van der Waals surface area contributed by atoms with Crippen molar-refractivity contribution in [2.45, 2.75) is 150 Å². The fraction of sp³-hybridized carbons (Fsp3) is 0.806. The average molecular weight is 461 g/mol. The minimum absolute atomic E-state index is 0.0474. The lowest BCUT2D eigenvalue weighted by Crippen LogP contribution is -2.25. The van der Waals surface area contributed by atoms with Gasteiger partial charge in [0.2, 0.25) is 0 Å². The Balaban J connectivity index is 2.26. The monoisotopic (exact) mass is 460 g/mol. The standard InChI is InChI=1S/C31H56O2/c1-8-9-10-11-12-13-14-15-16-17-18-19-20-21-22-33-29-23-26(2)28(32)24-27(29)31(6,7)25-30(3,4)5/h23-24,32H,8-22,25H2,1-7H3. The number of benzene rings is 1. The quantitative estimate of drug-likeness (QED) is 0.221. The van der Waals surface area contributed by atoms with Crippen LogP contribution in [0.5, 0.6) is 11.5 Å². The summed E-state index contributed by atoms with van der Waals surface area (Å²) in [6, 6.07) is 3.96. The molecule has 0 radical (unpaired) electrons. The van der Waals surface area contributed by atoms with Crippen LogP contribution in [0.1, 0.15) is 149 Å². The highest BCUT2D eigenvalue weighted by atomic mass is 16.5. The van der Waals surface area contributed by atoms with Gasteiger partial charge in [-0.3, -0.25) is 0 Å². The first-order chi connectivity index (χ1) is 15.6. The zero-order valence-electron chi connectivity index (χ0n) is 23.3. The first-order valence-corrected chi connectivity index (χ1v) is 14.0. The molecule has 0 saturated heterocycles. The molecule has 0 saturated carbocycles. The Kier molecular flexibility index (Phi) is 14.2. The number of aromatic hydroxyl groups is 1. The van der Waals surface area contributed by atoms with E-state index in [0.29, 0.717) is 5.75 Å². The molecule has 2 nitrogen and oxygen atoms in total. The van der Waals surface area contributed by atoms with Gasteiger partial charge in [-0.15, -0.1) is 0 Å². The minimum atomic E-state index is -0.0474. The molecule has 0 atom stereocenters. The molecule has 1 rings (SSSR count). The van der Waals surface area contributed by atoms with Crippen LogP contribution in [0.15, 0.2) is 12.1 Å². The van der Waals surface area contributed by atoms with Crippen LogP contribution in [0, 0.1) is 12.3 Å². The maximum Gasteiger partial charge on any atom is 0.123 e. The normalized spacial score (nSPS) is 12.3. The summed E-state index contributed by atoms with van der Waals surface area (Å²) in [6.07, 6.45) is 20.2. The molecule has 0 bridgehead atoms. The smallest absolute Gasteiger partial charge is 0.123 e. The number of aryl methyl sites for hydroxylation is 1. The molecule has 192 valence electrons. The summed E-state index contributed by atoms with van der Waals surface area (Å²) >= 11 is 0. The first kappa shape index (κ1) is 29.9. The number of phenolic OH excluding ortho intramolecular Hbond substituents is 1. The number of ether oxygens (including phenoxy) is 1. The van der Waals surface area contributed by atoms with Crippen LogP contribution < -0.4 is 4.74 Å². The molecule has 0 spiro atoms. The van der Waals surface area contributed by atoms with Gasteiger partial charge in [0.25, 0.3) is 0 Å². The Morgan fingerprint density at radius 2 is 1.15 bits per heavy atom. The topological polar surface area (TPSA) is 29.5 Å². The minimum Gasteiger partial charge on any atom is -0.508 e. The molecular weight excluding hydrogens is 404 g/mol. The van der Waals surface area contributed by atoms with E-state index in [2.05, 4.69) is 41.5 Å². The molecule has 1 aromatic rings. The molecule has 0 amide bonds. The number of hydrogen-bond acceptors (Lipinski definition) is 2. The van der Waals surface area contributed by atoms with E-state index in [1.54, 1.807) is 0 Å². The van der Waals surface area contributed by atoms with Gasteiger partial charge in [-0.1, -0.05) is 125 Å². The van der Waals surface area contributed by atoms with Crippen LogP contribution in [0.2, 0.25) is 0 Å². The van der Waals surface area contributed by atoms with Crippen LogP contribution in [-0.2, 0) is 5.41 Å². The zero-order chi connectivity index (χ0) is 24.7. The Labute approximate surface area is 206 Å². The van der Waals surface area contributed by atoms with Crippen LogP contribution in [0.3, 0.4) is 0 Å². The van der Waals surface area contributed by atoms with Crippen LogP contribution in [-0.4, -0.2) is 11.7 Å². The van der Waals surface area contributed by atoms with Gasteiger partial charge in [-0.2, -0.15) is 0 Å². The highest BCUT2D eigenvalue weighted by Crippen LogP contribution is 2.42. The summed E-state index contributed by atoms with van der Waals surface area (Å²) in [5.74, 6) is 1.32. The van der Waals surface area contributed by atoms with Crippen LogP contribution >= 0.6 is 0 Å². The molecule has 0 unspecified atom stereocenters. The number of phenols is 1. The molecule has 33 heavy (non-hydrogen) atoms. The second kappa shape index (κ2) is 15.7. The summed E-state index contributed by atoms with van der Waals surface area (Å²) in [5.41, 5.74) is 2.19. The van der Waals surface area contributed by atoms with Gasteiger partial charge >= 0.3 is 0 Å². The summed E-state index contributed by atoms with van der Waals surface area (Å²) in [4.78, 5) is 0. The summed E-state index contributed by atoms with van der Waals surface area (Å²) in [6.45, 7) is 16.4. The third-order valence-electron chi connectivity index (χ3n) is 6.75. The third kappa shape index (κ3) is 13.3. The molecule has 2 heteroatoms. The lowest BCUT2D eigenvalue weighted by atomic mass is 9.72. The fourth-order valence-corrected chi connectivity index (χ4v) is 5.22. The SMILES string of the molecule is CCCCCCCCCCCCCCCCOc1cc(C)c(O)cc1C(C)(C)CC(C)(C)C. The van der Waals surface area contributed by atoms with Gasteiger partial charge in [0.1, 0.15) is 11.5 Å². The highest BCUT2D eigenvalue weighted by Gasteiger charge is 2.30. The Morgan fingerprint density at radius 3 is 1.61 bits per heavy atom. The molecule has 0 aliphatic carbocycles. The Morgan fingerprint density at radius 1 is 0.697 bits per heavy atom. The van der Waals surface area contributed by atoms with E-state index in [1.807, 2.05) is 19.1 Å². The fourth-order valence-electron chi connectivity index (χ4n) is 5.22. The zero-order valence-corrected chi connectivity index (χ0v) is 23.3. The van der Waals surface area contributed by atoms with E-state index in [0.717, 1.165) is 36.3 Å². The van der Waals surface area contributed by atoms with E-state index in [-0.39, 0.29) is 10.8 Å². The van der Waals surface area contributed by atoms with Crippen molar-refractivity contribution >= 4 is 0 Å². The molecule has 1 N–H and O–H groups in total. The second-order valence-corrected chi connectivity index (χ2v) is 12.2. The van der Waals surface area contributed by atoms with Gasteiger partial charge in [-0.25, -0.2) is 0 Å². The van der Waals surface area contributed by atoms with E-state index >= 15 is 0 Å². The third-order valence-corrected chi connectivity index (χ3v) is 6.75. The van der Waals surface area contributed by atoms with Crippen molar-refractivity contribution in [2.75, 3.05) is 6.61 Å². The van der Waals surface area contributed by atoms with Crippen molar-refractivity contribution in [1.82, 2.24) is 0 Å². The van der Waals surface area contributed by atoms with Gasteiger partial charge in [0.15, 0.2) is 0 Å². The molecule has 0 heterocycles. The summed E-state index contributed by atoms with van der Waals surface area (Å²) in [7, 11) is 0. The highest BCUT2D eigenvalue weighted by molar-refractivity contribution is 5.48. The van der Waals surface area contributed by atoms with Gasteiger partial charge in [0.05, 0.1) is 6.61 Å². The van der Waals surface area contributed by atoms with Gasteiger partial charge < -0.3 is 9.84 Å². The van der Waals surface area contributed by atoms with Gasteiger partial charge in [-0.05, 0) is 48.3 Å². The van der Waals surface area contributed by atoms with Crippen LogP contribution in [0.4, 0.5) is 0 Å². The summed E-state index contributed by atoms with van der Waals surface area (Å²) in [5, 5.41) is 10.3. The van der Waals surface area contributed by atoms with E-state index in [9.17, 15) is 5.11 Å². The number of rotatable bonds is 18. The predicted octanol–water partition coefficient (Wildman–Crippen LogP) is 10.3. The number of hydrogen-bond donors (Lipinski definition) is 1. The maximum absolute atomic E-state index is 10.3. The van der Waals surface area contributed by atoms with E-state index < -0.39 is 0 Å². The molecule has 0 aromatic heterocycles. The lowest BCUT2D eigenvalue weighted by Gasteiger charge is -2.34. The maximum atomic E-state index is 10.3. The summed E-state index contributed by atoms with van der Waals surface area (Å²) < 4.78 is 6.27. The van der Waals surface area contributed by atoms with Crippen molar-refractivity contribution in [3.05, 3.63) is 23.3 Å². The second-order valence-electron chi connectivity index (χ2n) is 12.2. The largest absolute Gasteiger partial charge is 0.508 e. The number of unbranched alkanes of at least 4 members (excludes halogenated alkanes) is 13. The average Bonchev–Trinajstić information content (AvgIpc) is 2.71. The van der Waals surface area contributed by atoms with Crippen molar-refractivity contribution in [3.8, 4) is 11.5 Å². The van der Waals surface area contributed by atoms with E-state index in [1.165, 1.54) is 83.5 Å². The van der Waals surface area contributed by atoms with Gasteiger partial charge in [0, 0.05) is 5.56 Å². The van der Waals surface area contributed by atoms with Crippen molar-refractivity contribution in [3.63, 3.8) is 0 Å². The van der Waals surface area contributed by atoms with Crippen molar-refractivity contribution in [2.24, 2.45) is 5.41 Å². The molecule has 0 aliphatic heterocycles. The van der Waals surface area contributed by atoms with Crippen molar-refractivity contribution < 1.29 is 9.84 Å². The van der Waals surface area contributed by atoms with Crippen LogP contribution in [0.25, 0.3) is 0 Å². The Hall–Kier alpha value is -1.18.